The molecule has 0 spiro atoms. The second kappa shape index (κ2) is 6.60. The van der Waals surface area contributed by atoms with Crippen molar-refractivity contribution in [3.05, 3.63) is 23.4 Å². The second-order valence-corrected chi connectivity index (χ2v) is 6.81. The third-order valence-electron chi connectivity index (χ3n) is 4.30. The molecule has 0 unspecified atom stereocenters. The summed E-state index contributed by atoms with van der Waals surface area (Å²) in [6.45, 7) is 5.57. The fourth-order valence-corrected chi connectivity index (χ4v) is 3.42. The molecule has 2 aromatic heterocycles. The normalized spacial score (nSPS) is 20.1. The van der Waals surface area contributed by atoms with Crippen LogP contribution in [0, 0.1) is 5.92 Å². The van der Waals surface area contributed by atoms with Gasteiger partial charge in [0.15, 0.2) is 0 Å². The minimum Gasteiger partial charge on any atom is -0.342 e. The van der Waals surface area contributed by atoms with Crippen LogP contribution in [0.1, 0.15) is 44.9 Å². The Kier molecular flexibility index (Phi) is 4.57. The Labute approximate surface area is 134 Å². The van der Waals surface area contributed by atoms with Gasteiger partial charge in [-0.15, -0.1) is 11.3 Å². The second-order valence-electron chi connectivity index (χ2n) is 5.87. The zero-order valence-electron chi connectivity index (χ0n) is 13.0. The van der Waals surface area contributed by atoms with Crippen molar-refractivity contribution in [1.29, 1.82) is 0 Å². The number of likely N-dealkylation sites (tertiary alicyclic amines) is 1. The van der Waals surface area contributed by atoms with Crippen LogP contribution in [0.3, 0.4) is 0 Å². The molecule has 0 radical (unpaired) electrons. The van der Waals surface area contributed by atoms with Gasteiger partial charge in [0.2, 0.25) is 17.6 Å². The SMILES string of the molecule is CC[C@@H](C)C(=O)N1CCC[C@H](c2nc(-c3cccs3)no2)C1. The first-order chi connectivity index (χ1) is 10.7. The van der Waals surface area contributed by atoms with Crippen LogP contribution in [0.25, 0.3) is 10.7 Å². The van der Waals surface area contributed by atoms with Gasteiger partial charge >= 0.3 is 0 Å². The summed E-state index contributed by atoms with van der Waals surface area (Å²) in [4.78, 5) is 19.9. The summed E-state index contributed by atoms with van der Waals surface area (Å²) >= 11 is 1.60. The van der Waals surface area contributed by atoms with Crippen molar-refractivity contribution >= 4 is 17.2 Å². The van der Waals surface area contributed by atoms with E-state index in [1.807, 2.05) is 29.3 Å². The molecule has 6 heteroatoms. The van der Waals surface area contributed by atoms with E-state index in [4.69, 9.17) is 4.52 Å². The molecule has 5 nitrogen and oxygen atoms in total. The molecule has 0 aromatic carbocycles. The molecule has 1 amide bonds. The summed E-state index contributed by atoms with van der Waals surface area (Å²) in [5.41, 5.74) is 0. The van der Waals surface area contributed by atoms with Crippen LogP contribution in [0.2, 0.25) is 0 Å². The Bertz CT molecular complexity index is 623. The molecule has 1 aliphatic heterocycles. The van der Waals surface area contributed by atoms with E-state index in [9.17, 15) is 4.79 Å². The highest BCUT2D eigenvalue weighted by atomic mass is 32.1. The maximum Gasteiger partial charge on any atom is 0.231 e. The fraction of sp³-hybridized carbons (Fsp3) is 0.562. The van der Waals surface area contributed by atoms with Gasteiger partial charge in [-0.1, -0.05) is 25.1 Å². The van der Waals surface area contributed by atoms with Crippen LogP contribution in [0.5, 0.6) is 0 Å². The van der Waals surface area contributed by atoms with Gasteiger partial charge in [0, 0.05) is 19.0 Å². The number of thiophene rings is 1. The lowest BCUT2D eigenvalue weighted by molar-refractivity contribution is -0.136. The molecule has 1 aliphatic rings. The summed E-state index contributed by atoms with van der Waals surface area (Å²) in [6, 6.07) is 3.96. The van der Waals surface area contributed by atoms with E-state index >= 15 is 0 Å². The predicted molar refractivity (Wildman–Crippen MR) is 85.6 cm³/mol. The minimum absolute atomic E-state index is 0.0862. The number of aromatic nitrogens is 2. The Morgan fingerprint density at radius 3 is 3.18 bits per heavy atom. The van der Waals surface area contributed by atoms with Crippen LogP contribution in [-0.2, 0) is 4.79 Å². The highest BCUT2D eigenvalue weighted by Gasteiger charge is 2.30. The summed E-state index contributed by atoms with van der Waals surface area (Å²) < 4.78 is 5.45. The lowest BCUT2D eigenvalue weighted by atomic mass is 9.96. The molecule has 0 aliphatic carbocycles. The van der Waals surface area contributed by atoms with Crippen LogP contribution in [0.15, 0.2) is 22.0 Å². The smallest absolute Gasteiger partial charge is 0.231 e. The molecular formula is C16H21N3O2S. The van der Waals surface area contributed by atoms with E-state index in [1.165, 1.54) is 0 Å². The lowest BCUT2D eigenvalue weighted by Crippen LogP contribution is -2.41. The van der Waals surface area contributed by atoms with Crippen molar-refractivity contribution in [2.45, 2.75) is 39.0 Å². The Balaban J connectivity index is 1.71. The van der Waals surface area contributed by atoms with E-state index in [1.54, 1.807) is 11.3 Å². The third kappa shape index (κ3) is 3.06. The molecular weight excluding hydrogens is 298 g/mol. The fourth-order valence-electron chi connectivity index (χ4n) is 2.77. The van der Waals surface area contributed by atoms with Gasteiger partial charge in [-0.2, -0.15) is 4.98 Å². The Morgan fingerprint density at radius 1 is 1.59 bits per heavy atom. The van der Waals surface area contributed by atoms with Crippen molar-refractivity contribution < 1.29 is 9.32 Å². The number of nitrogens with zero attached hydrogens (tertiary/aromatic N) is 3. The first-order valence-electron chi connectivity index (χ1n) is 7.85. The summed E-state index contributed by atoms with van der Waals surface area (Å²) in [7, 11) is 0. The first-order valence-corrected chi connectivity index (χ1v) is 8.73. The van der Waals surface area contributed by atoms with Gasteiger partial charge < -0.3 is 9.42 Å². The number of rotatable bonds is 4. The number of carbonyl (C=O) groups excluding carboxylic acids is 1. The van der Waals surface area contributed by atoms with E-state index in [-0.39, 0.29) is 17.7 Å². The number of piperidine rings is 1. The van der Waals surface area contributed by atoms with Gasteiger partial charge in [0.1, 0.15) is 0 Å². The molecule has 1 fully saturated rings. The minimum atomic E-state index is 0.0862. The summed E-state index contributed by atoms with van der Waals surface area (Å²) in [5, 5.41) is 6.07. The summed E-state index contributed by atoms with van der Waals surface area (Å²) in [5.74, 6) is 1.79. The molecule has 1 saturated heterocycles. The summed E-state index contributed by atoms with van der Waals surface area (Å²) in [6.07, 6.45) is 2.86. The molecule has 3 heterocycles. The van der Waals surface area contributed by atoms with Gasteiger partial charge in [0.05, 0.1) is 10.8 Å². The number of hydrogen-bond acceptors (Lipinski definition) is 5. The number of hydrogen-bond donors (Lipinski definition) is 0. The van der Waals surface area contributed by atoms with Crippen LogP contribution >= 0.6 is 11.3 Å². The first kappa shape index (κ1) is 15.2. The quantitative estimate of drug-likeness (QED) is 0.864. The van der Waals surface area contributed by atoms with Gasteiger partial charge in [-0.25, -0.2) is 0 Å². The van der Waals surface area contributed by atoms with Gasteiger partial charge in [0.25, 0.3) is 0 Å². The van der Waals surface area contributed by atoms with E-state index in [0.29, 0.717) is 18.3 Å². The predicted octanol–water partition coefficient (Wildman–Crippen LogP) is 3.55. The molecule has 0 saturated carbocycles. The topological polar surface area (TPSA) is 59.2 Å². The van der Waals surface area contributed by atoms with E-state index in [2.05, 4.69) is 17.1 Å². The van der Waals surface area contributed by atoms with Crippen LogP contribution in [0.4, 0.5) is 0 Å². The number of amides is 1. The highest BCUT2D eigenvalue weighted by molar-refractivity contribution is 7.13. The van der Waals surface area contributed by atoms with Gasteiger partial charge in [-0.05, 0) is 30.7 Å². The monoisotopic (exact) mass is 319 g/mol. The number of carbonyl (C=O) groups is 1. The van der Waals surface area contributed by atoms with E-state index < -0.39 is 0 Å². The highest BCUT2D eigenvalue weighted by Crippen LogP contribution is 2.29. The van der Waals surface area contributed by atoms with Crippen molar-refractivity contribution in [1.82, 2.24) is 15.0 Å². The lowest BCUT2D eigenvalue weighted by Gasteiger charge is -2.32. The third-order valence-corrected chi connectivity index (χ3v) is 5.17. The maximum absolute atomic E-state index is 12.4. The molecule has 22 heavy (non-hydrogen) atoms. The molecule has 0 N–H and O–H groups in total. The average molecular weight is 319 g/mol. The standard InChI is InChI=1S/C16H21N3O2S/c1-3-11(2)16(20)19-8-4-6-12(10-19)15-17-14(18-21-15)13-7-5-9-22-13/h5,7,9,11-12H,3-4,6,8,10H2,1-2H3/t11-,12+/m1/s1. The van der Waals surface area contributed by atoms with Crippen molar-refractivity contribution in [2.24, 2.45) is 5.92 Å². The molecule has 118 valence electrons. The van der Waals surface area contributed by atoms with Crippen molar-refractivity contribution in [3.8, 4) is 10.7 Å². The zero-order valence-corrected chi connectivity index (χ0v) is 13.8. The molecule has 0 bridgehead atoms. The van der Waals surface area contributed by atoms with E-state index in [0.717, 1.165) is 30.7 Å². The molecule has 2 atom stereocenters. The zero-order chi connectivity index (χ0) is 15.5. The van der Waals surface area contributed by atoms with Gasteiger partial charge in [-0.3, -0.25) is 4.79 Å². The van der Waals surface area contributed by atoms with Crippen LogP contribution in [-0.4, -0.2) is 34.0 Å². The van der Waals surface area contributed by atoms with Crippen LogP contribution < -0.4 is 0 Å². The van der Waals surface area contributed by atoms with Crippen molar-refractivity contribution in [2.75, 3.05) is 13.1 Å². The van der Waals surface area contributed by atoms with Crippen molar-refractivity contribution in [3.63, 3.8) is 0 Å². The molecule has 2 aromatic rings. The maximum atomic E-state index is 12.4. The molecule has 3 rings (SSSR count). The Hall–Kier alpha value is -1.69. The average Bonchev–Trinajstić information content (AvgIpc) is 3.24. The Morgan fingerprint density at radius 2 is 2.45 bits per heavy atom. The largest absolute Gasteiger partial charge is 0.342 e.